The molecule has 0 aliphatic carbocycles. The van der Waals surface area contributed by atoms with Crippen LogP contribution in [0.15, 0.2) is 194 Å². The minimum atomic E-state index is 1.13. The van der Waals surface area contributed by atoms with E-state index < -0.39 is 0 Å². The van der Waals surface area contributed by atoms with Crippen LogP contribution in [0.25, 0.3) is 104 Å². The first-order valence-electron chi connectivity index (χ1n) is 20.0. The summed E-state index contributed by atoms with van der Waals surface area (Å²) in [7, 11) is 0. The van der Waals surface area contributed by atoms with Gasteiger partial charge in [0.1, 0.15) is 0 Å². The topological polar surface area (TPSA) is 17.0 Å². The maximum atomic E-state index is 2.57. The molecule has 0 spiro atoms. The van der Waals surface area contributed by atoms with Crippen molar-refractivity contribution >= 4 is 115 Å². The summed E-state index contributed by atoms with van der Waals surface area (Å²) >= 11 is 0. The second kappa shape index (κ2) is 10.9. The summed E-state index contributed by atoms with van der Waals surface area (Å²) in [5.41, 5.74) is 14.5. The molecule has 14 aromatic rings. The Balaban J connectivity index is 1.18. The largest absolute Gasteiger partial charge is 0.310 e. The Morgan fingerprint density at radius 2 is 0.759 bits per heavy atom. The van der Waals surface area contributed by atoms with E-state index in [9.17, 15) is 0 Å². The Labute approximate surface area is 331 Å². The Kier molecular flexibility index (Phi) is 5.73. The number of fused-ring (bicyclic) bond motifs is 17. The number of rotatable bonds is 4. The molecule has 0 unspecified atom stereocenters. The van der Waals surface area contributed by atoms with Gasteiger partial charge in [-0.2, -0.15) is 0 Å². The van der Waals surface area contributed by atoms with E-state index in [0.717, 1.165) is 17.1 Å². The van der Waals surface area contributed by atoms with Gasteiger partial charge in [0, 0.05) is 76.6 Å². The predicted octanol–water partition coefficient (Wildman–Crippen LogP) is 14.6. The molecule has 5 heterocycles. The molecule has 0 N–H and O–H groups in total. The van der Waals surface area contributed by atoms with Crippen molar-refractivity contribution in [1.82, 2.24) is 13.4 Å². The highest BCUT2D eigenvalue weighted by Gasteiger charge is 2.28. The van der Waals surface area contributed by atoms with Crippen LogP contribution in [-0.2, 0) is 0 Å². The fourth-order valence-corrected chi connectivity index (χ4v) is 10.6. The predicted molar refractivity (Wildman–Crippen MR) is 245 cm³/mol. The van der Waals surface area contributed by atoms with Crippen molar-refractivity contribution in [3.63, 3.8) is 0 Å². The fourth-order valence-electron chi connectivity index (χ4n) is 10.6. The average Bonchev–Trinajstić information content (AvgIpc) is 4.07. The molecular weight excluding hydrogens is 705 g/mol. The van der Waals surface area contributed by atoms with Gasteiger partial charge in [-0.25, -0.2) is 0 Å². The third-order valence-corrected chi connectivity index (χ3v) is 12.8. The van der Waals surface area contributed by atoms with Crippen LogP contribution in [0, 0.1) is 0 Å². The van der Waals surface area contributed by atoms with E-state index in [1.165, 1.54) is 104 Å². The van der Waals surface area contributed by atoms with E-state index in [1.54, 1.807) is 0 Å². The zero-order valence-corrected chi connectivity index (χ0v) is 31.3. The van der Waals surface area contributed by atoms with Crippen LogP contribution in [0.2, 0.25) is 0 Å². The van der Waals surface area contributed by atoms with E-state index in [1.807, 2.05) is 0 Å². The molecule has 9 aromatic carbocycles. The van der Waals surface area contributed by atoms with Crippen molar-refractivity contribution in [3.05, 3.63) is 194 Å². The Hall–Kier alpha value is -7.82. The SMILES string of the molecule is c1ccc(N(c2ccccc2)c2ccc3c4cc5c(c6cc7c(c8ccccc8n7-c7ccccc7)c7c8ccccc8n5c67)c5c6ccccc6n(c3c2)c45)cc1. The molecule has 0 amide bonds. The molecule has 0 saturated carbocycles. The summed E-state index contributed by atoms with van der Waals surface area (Å²) in [5, 5.41) is 12.9. The first-order valence-corrected chi connectivity index (χ1v) is 20.0. The summed E-state index contributed by atoms with van der Waals surface area (Å²) in [6.45, 7) is 0. The van der Waals surface area contributed by atoms with E-state index in [0.29, 0.717) is 0 Å². The fraction of sp³-hybridized carbons (Fsp3) is 0. The molecule has 4 heteroatoms. The van der Waals surface area contributed by atoms with Gasteiger partial charge in [-0.05, 0) is 78.9 Å². The highest BCUT2D eigenvalue weighted by Crippen LogP contribution is 2.51. The summed E-state index contributed by atoms with van der Waals surface area (Å²) in [5.74, 6) is 0. The second-order valence-corrected chi connectivity index (χ2v) is 15.7. The quantitative estimate of drug-likeness (QED) is 0.176. The van der Waals surface area contributed by atoms with Gasteiger partial charge in [0.2, 0.25) is 0 Å². The first kappa shape index (κ1) is 30.4. The lowest BCUT2D eigenvalue weighted by Gasteiger charge is -2.25. The molecule has 5 aromatic heterocycles. The molecule has 0 aliphatic rings. The lowest BCUT2D eigenvalue weighted by molar-refractivity contribution is 1.18. The number of nitrogens with zero attached hydrogens (tertiary/aromatic N) is 4. The third kappa shape index (κ3) is 3.70. The van der Waals surface area contributed by atoms with Gasteiger partial charge in [0.25, 0.3) is 0 Å². The zero-order valence-electron chi connectivity index (χ0n) is 31.3. The Morgan fingerprint density at radius 1 is 0.276 bits per heavy atom. The highest BCUT2D eigenvalue weighted by atomic mass is 15.1. The van der Waals surface area contributed by atoms with Crippen LogP contribution in [0.4, 0.5) is 17.1 Å². The average molecular weight is 737 g/mol. The molecular formula is C54H32N4. The monoisotopic (exact) mass is 736 g/mol. The van der Waals surface area contributed by atoms with E-state index in [4.69, 9.17) is 0 Å². The van der Waals surface area contributed by atoms with E-state index in [2.05, 4.69) is 212 Å². The van der Waals surface area contributed by atoms with Gasteiger partial charge in [-0.3, -0.25) is 0 Å². The van der Waals surface area contributed by atoms with Crippen LogP contribution in [0.5, 0.6) is 0 Å². The van der Waals surface area contributed by atoms with Gasteiger partial charge in [-0.15, -0.1) is 0 Å². The summed E-state index contributed by atoms with van der Waals surface area (Å²) in [6, 6.07) is 71.3. The second-order valence-electron chi connectivity index (χ2n) is 15.7. The number of hydrogen-bond donors (Lipinski definition) is 0. The maximum absolute atomic E-state index is 2.57. The third-order valence-electron chi connectivity index (χ3n) is 12.8. The number of hydrogen-bond acceptors (Lipinski definition) is 1. The number of aromatic nitrogens is 3. The van der Waals surface area contributed by atoms with E-state index in [-0.39, 0.29) is 0 Å². The van der Waals surface area contributed by atoms with Gasteiger partial charge in [0.15, 0.2) is 0 Å². The van der Waals surface area contributed by atoms with Gasteiger partial charge in [0.05, 0.1) is 44.1 Å². The molecule has 14 rings (SSSR count). The number of anilines is 3. The first-order chi connectivity index (χ1) is 28.8. The van der Waals surface area contributed by atoms with Crippen molar-refractivity contribution in [3.8, 4) is 5.69 Å². The summed E-state index contributed by atoms with van der Waals surface area (Å²) in [4.78, 5) is 2.36. The van der Waals surface area contributed by atoms with Gasteiger partial charge >= 0.3 is 0 Å². The van der Waals surface area contributed by atoms with Crippen molar-refractivity contribution in [1.29, 1.82) is 0 Å². The summed E-state index contributed by atoms with van der Waals surface area (Å²) in [6.07, 6.45) is 0. The molecule has 0 saturated heterocycles. The van der Waals surface area contributed by atoms with Crippen molar-refractivity contribution in [2.24, 2.45) is 0 Å². The molecule has 0 atom stereocenters. The van der Waals surface area contributed by atoms with Crippen LogP contribution < -0.4 is 4.90 Å². The molecule has 0 bridgehead atoms. The molecule has 0 fully saturated rings. The van der Waals surface area contributed by atoms with E-state index >= 15 is 0 Å². The molecule has 4 nitrogen and oxygen atoms in total. The lowest BCUT2D eigenvalue weighted by Crippen LogP contribution is -2.09. The van der Waals surface area contributed by atoms with Crippen molar-refractivity contribution in [2.75, 3.05) is 4.90 Å². The lowest BCUT2D eigenvalue weighted by atomic mass is 9.98. The maximum Gasteiger partial charge on any atom is 0.0628 e. The smallest absolute Gasteiger partial charge is 0.0628 e. The standard InChI is InChI=1S/C54H32N4/c1-4-16-33(17-5-1)55(34-18-6-2-7-19-34)36-28-29-37-41-31-48-50(52-39-23-11-14-26-44(39)57(53(41)52)46(37)30-36)42-32-47-49(51-40-24-12-15-27-45(40)58(48)54(42)51)38-22-10-13-25-43(38)56(47)35-20-8-3-9-21-35/h1-32H. The molecule has 58 heavy (non-hydrogen) atoms. The van der Waals surface area contributed by atoms with Gasteiger partial charge < -0.3 is 18.3 Å². The molecule has 268 valence electrons. The summed E-state index contributed by atoms with van der Waals surface area (Å²) < 4.78 is 7.58. The minimum Gasteiger partial charge on any atom is -0.310 e. The minimum absolute atomic E-state index is 1.13. The number of para-hydroxylation sites is 6. The van der Waals surface area contributed by atoms with Crippen molar-refractivity contribution in [2.45, 2.75) is 0 Å². The van der Waals surface area contributed by atoms with Crippen LogP contribution in [0.3, 0.4) is 0 Å². The highest BCUT2D eigenvalue weighted by molar-refractivity contribution is 6.41. The molecule has 0 aliphatic heterocycles. The van der Waals surface area contributed by atoms with Crippen LogP contribution in [-0.4, -0.2) is 13.4 Å². The van der Waals surface area contributed by atoms with Crippen LogP contribution in [0.1, 0.15) is 0 Å². The van der Waals surface area contributed by atoms with Crippen molar-refractivity contribution < 1.29 is 0 Å². The Morgan fingerprint density at radius 3 is 1.40 bits per heavy atom. The normalized spacial score (nSPS) is 12.5. The van der Waals surface area contributed by atoms with Gasteiger partial charge in [-0.1, -0.05) is 115 Å². The molecule has 0 radical (unpaired) electrons. The Bertz CT molecular complexity index is 3910. The van der Waals surface area contributed by atoms with Crippen LogP contribution >= 0.6 is 0 Å². The number of benzene rings is 9. The zero-order chi connectivity index (χ0) is 37.6.